The van der Waals surface area contributed by atoms with E-state index in [0.29, 0.717) is 15.6 Å². The lowest BCUT2D eigenvalue weighted by Crippen LogP contribution is -2.35. The van der Waals surface area contributed by atoms with Crippen molar-refractivity contribution in [3.63, 3.8) is 0 Å². The second-order valence-corrected chi connectivity index (χ2v) is 6.16. The second kappa shape index (κ2) is 6.32. The Bertz CT molecular complexity index is 426. The molecule has 1 heterocycles. The summed E-state index contributed by atoms with van der Waals surface area (Å²) < 4.78 is 0. The fourth-order valence-corrected chi connectivity index (χ4v) is 3.39. The molecule has 0 atom stereocenters. The molecule has 2 rings (SSSR count). The smallest absolute Gasteiger partial charge is 0.282 e. The van der Waals surface area contributed by atoms with Crippen molar-refractivity contribution in [1.82, 2.24) is 15.5 Å². The molecule has 6 heteroatoms. The Morgan fingerprint density at radius 2 is 2.05 bits per heavy atom. The SMILES string of the molecule is CCNc1nnc(C(=O)NCC2(CC)CCCC2)s1. The van der Waals surface area contributed by atoms with Crippen molar-refractivity contribution in [3.8, 4) is 0 Å². The molecule has 0 aliphatic heterocycles. The van der Waals surface area contributed by atoms with Crippen LogP contribution in [0.25, 0.3) is 0 Å². The van der Waals surface area contributed by atoms with Crippen molar-refractivity contribution in [2.75, 3.05) is 18.4 Å². The quantitative estimate of drug-likeness (QED) is 0.842. The summed E-state index contributed by atoms with van der Waals surface area (Å²) in [6.45, 7) is 5.76. The lowest BCUT2D eigenvalue weighted by molar-refractivity contribution is 0.0927. The van der Waals surface area contributed by atoms with Crippen LogP contribution in [0.4, 0.5) is 5.13 Å². The third kappa shape index (κ3) is 3.43. The van der Waals surface area contributed by atoms with Gasteiger partial charge in [0.25, 0.3) is 5.91 Å². The molecule has 19 heavy (non-hydrogen) atoms. The summed E-state index contributed by atoms with van der Waals surface area (Å²) in [5.41, 5.74) is 0.310. The second-order valence-electron chi connectivity index (χ2n) is 5.19. The van der Waals surface area contributed by atoms with E-state index in [1.165, 1.54) is 37.0 Å². The number of rotatable bonds is 6. The highest BCUT2D eigenvalue weighted by Crippen LogP contribution is 2.40. The molecule has 1 saturated carbocycles. The highest BCUT2D eigenvalue weighted by atomic mass is 32.1. The van der Waals surface area contributed by atoms with Gasteiger partial charge in [0.15, 0.2) is 0 Å². The summed E-state index contributed by atoms with van der Waals surface area (Å²) in [6.07, 6.45) is 6.15. The zero-order chi connectivity index (χ0) is 13.7. The average molecular weight is 282 g/mol. The molecular formula is C13H22N4OS. The summed E-state index contributed by atoms with van der Waals surface area (Å²) >= 11 is 1.31. The standard InChI is InChI=1S/C13H22N4OS/c1-3-13(7-5-6-8-13)9-15-10(18)11-16-17-12(19-11)14-4-2/h3-9H2,1-2H3,(H,14,17)(H,15,18). The maximum Gasteiger partial charge on any atom is 0.282 e. The van der Waals surface area contributed by atoms with E-state index in [0.717, 1.165) is 19.5 Å². The largest absolute Gasteiger partial charge is 0.360 e. The van der Waals surface area contributed by atoms with E-state index in [-0.39, 0.29) is 5.91 Å². The minimum atomic E-state index is -0.0959. The van der Waals surface area contributed by atoms with Crippen LogP contribution in [-0.4, -0.2) is 29.2 Å². The molecule has 0 bridgehead atoms. The number of carbonyl (C=O) groups is 1. The molecule has 0 aromatic carbocycles. The van der Waals surface area contributed by atoms with Gasteiger partial charge >= 0.3 is 0 Å². The summed E-state index contributed by atoms with van der Waals surface area (Å²) in [5.74, 6) is -0.0959. The molecule has 0 unspecified atom stereocenters. The van der Waals surface area contributed by atoms with Gasteiger partial charge in [-0.3, -0.25) is 4.79 Å². The van der Waals surface area contributed by atoms with Crippen molar-refractivity contribution in [2.24, 2.45) is 5.41 Å². The monoisotopic (exact) mass is 282 g/mol. The maximum absolute atomic E-state index is 12.0. The first-order chi connectivity index (χ1) is 9.19. The number of carbonyl (C=O) groups excluding carboxylic acids is 1. The van der Waals surface area contributed by atoms with Crippen molar-refractivity contribution in [3.05, 3.63) is 5.01 Å². The van der Waals surface area contributed by atoms with Crippen LogP contribution in [0.5, 0.6) is 0 Å². The van der Waals surface area contributed by atoms with E-state index in [2.05, 4.69) is 27.8 Å². The van der Waals surface area contributed by atoms with Gasteiger partial charge in [0, 0.05) is 13.1 Å². The first-order valence-corrected chi connectivity index (χ1v) is 7.86. The normalized spacial score (nSPS) is 17.4. The van der Waals surface area contributed by atoms with Gasteiger partial charge in [-0.1, -0.05) is 31.1 Å². The molecule has 1 aromatic rings. The molecule has 106 valence electrons. The van der Waals surface area contributed by atoms with Crippen molar-refractivity contribution in [2.45, 2.75) is 46.0 Å². The van der Waals surface area contributed by atoms with Crippen LogP contribution >= 0.6 is 11.3 Å². The van der Waals surface area contributed by atoms with Crippen LogP contribution in [-0.2, 0) is 0 Å². The van der Waals surface area contributed by atoms with Crippen LogP contribution in [0, 0.1) is 5.41 Å². The Morgan fingerprint density at radius 3 is 2.68 bits per heavy atom. The van der Waals surface area contributed by atoms with Gasteiger partial charge in [-0.15, -0.1) is 10.2 Å². The topological polar surface area (TPSA) is 66.9 Å². The van der Waals surface area contributed by atoms with Gasteiger partial charge in [0.05, 0.1) is 0 Å². The number of amides is 1. The molecule has 1 fully saturated rings. The third-order valence-corrected chi connectivity index (χ3v) is 4.87. The fourth-order valence-electron chi connectivity index (χ4n) is 2.66. The van der Waals surface area contributed by atoms with Crippen LogP contribution in [0.3, 0.4) is 0 Å². The molecule has 1 amide bonds. The Hall–Kier alpha value is -1.17. The predicted molar refractivity (Wildman–Crippen MR) is 77.6 cm³/mol. The van der Waals surface area contributed by atoms with E-state index < -0.39 is 0 Å². The Kier molecular flexibility index (Phi) is 4.74. The van der Waals surface area contributed by atoms with E-state index in [1.54, 1.807) is 0 Å². The van der Waals surface area contributed by atoms with Crippen LogP contribution in [0.1, 0.15) is 55.8 Å². The number of nitrogens with zero attached hydrogens (tertiary/aromatic N) is 2. The van der Waals surface area contributed by atoms with Gasteiger partial charge in [-0.2, -0.15) is 0 Å². The zero-order valence-corrected chi connectivity index (χ0v) is 12.5. The van der Waals surface area contributed by atoms with Gasteiger partial charge in [0.1, 0.15) is 0 Å². The van der Waals surface area contributed by atoms with Gasteiger partial charge < -0.3 is 10.6 Å². The molecule has 1 aliphatic carbocycles. The molecule has 5 nitrogen and oxygen atoms in total. The number of hydrogen-bond acceptors (Lipinski definition) is 5. The first kappa shape index (κ1) is 14.2. The van der Waals surface area contributed by atoms with E-state index in [1.807, 2.05) is 6.92 Å². The summed E-state index contributed by atoms with van der Waals surface area (Å²) in [6, 6.07) is 0. The first-order valence-electron chi connectivity index (χ1n) is 7.05. The predicted octanol–water partition coefficient (Wildman–Crippen LogP) is 2.67. The molecule has 1 aromatic heterocycles. The van der Waals surface area contributed by atoms with Crippen LogP contribution < -0.4 is 10.6 Å². The van der Waals surface area contributed by atoms with Gasteiger partial charge in [0.2, 0.25) is 10.1 Å². The minimum Gasteiger partial charge on any atom is -0.360 e. The number of nitrogens with one attached hydrogen (secondary N) is 2. The summed E-state index contributed by atoms with van der Waals surface area (Å²) in [5, 5.41) is 15.1. The Balaban J connectivity index is 1.89. The van der Waals surface area contributed by atoms with Crippen molar-refractivity contribution >= 4 is 22.4 Å². The lowest BCUT2D eigenvalue weighted by atomic mass is 9.83. The minimum absolute atomic E-state index is 0.0959. The summed E-state index contributed by atoms with van der Waals surface area (Å²) in [4.78, 5) is 12.0. The van der Waals surface area contributed by atoms with E-state index in [9.17, 15) is 4.79 Å². The highest BCUT2D eigenvalue weighted by Gasteiger charge is 2.32. The van der Waals surface area contributed by atoms with Crippen LogP contribution in [0.15, 0.2) is 0 Å². The Labute approximate surface area is 118 Å². The maximum atomic E-state index is 12.0. The van der Waals surface area contributed by atoms with Crippen LogP contribution in [0.2, 0.25) is 0 Å². The molecule has 0 saturated heterocycles. The average Bonchev–Trinajstić information content (AvgIpc) is 3.06. The Morgan fingerprint density at radius 1 is 1.32 bits per heavy atom. The van der Waals surface area contributed by atoms with E-state index in [4.69, 9.17) is 0 Å². The molecule has 0 spiro atoms. The number of hydrogen-bond donors (Lipinski definition) is 2. The number of aromatic nitrogens is 2. The zero-order valence-electron chi connectivity index (χ0n) is 11.7. The molecule has 0 radical (unpaired) electrons. The van der Waals surface area contributed by atoms with Crippen molar-refractivity contribution < 1.29 is 4.79 Å². The molecule has 2 N–H and O–H groups in total. The molecular weight excluding hydrogens is 260 g/mol. The van der Waals surface area contributed by atoms with Gasteiger partial charge in [-0.25, -0.2) is 0 Å². The van der Waals surface area contributed by atoms with E-state index >= 15 is 0 Å². The number of anilines is 1. The molecule has 1 aliphatic rings. The highest BCUT2D eigenvalue weighted by molar-refractivity contribution is 7.17. The lowest BCUT2D eigenvalue weighted by Gasteiger charge is -2.27. The summed E-state index contributed by atoms with van der Waals surface area (Å²) in [7, 11) is 0. The third-order valence-electron chi connectivity index (χ3n) is 3.99. The van der Waals surface area contributed by atoms with Gasteiger partial charge in [-0.05, 0) is 31.6 Å². The van der Waals surface area contributed by atoms with Crippen molar-refractivity contribution in [1.29, 1.82) is 0 Å². The fraction of sp³-hybridized carbons (Fsp3) is 0.769.